The highest BCUT2D eigenvalue weighted by molar-refractivity contribution is 5.94. The summed E-state index contributed by atoms with van der Waals surface area (Å²) in [5, 5.41) is 27.0. The van der Waals surface area contributed by atoms with Gasteiger partial charge >= 0.3 is 5.97 Å². The molecule has 2 aromatic rings. The molecular weight excluding hydrogens is 660 g/mol. The Kier molecular flexibility index (Phi) is 19.3. The van der Waals surface area contributed by atoms with Crippen molar-refractivity contribution >= 4 is 29.6 Å². The van der Waals surface area contributed by atoms with Gasteiger partial charge in [-0.25, -0.2) is 4.79 Å². The molecule has 0 aromatic heterocycles. The molecule has 3 rings (SSSR count). The van der Waals surface area contributed by atoms with Crippen LogP contribution < -0.4 is 16.0 Å². The second kappa shape index (κ2) is 23.9. The van der Waals surface area contributed by atoms with Gasteiger partial charge in [0.15, 0.2) is 0 Å². The van der Waals surface area contributed by atoms with E-state index in [1.807, 2.05) is 30.3 Å². The molecule has 11 heteroatoms. The molecule has 11 nitrogen and oxygen atoms in total. The summed E-state index contributed by atoms with van der Waals surface area (Å²) < 4.78 is 0. The number of likely N-dealkylation sites (tertiary alicyclic amines) is 1. The van der Waals surface area contributed by atoms with E-state index in [9.17, 15) is 34.2 Å². The van der Waals surface area contributed by atoms with Crippen LogP contribution in [0.4, 0.5) is 0 Å². The molecule has 52 heavy (non-hydrogen) atoms. The van der Waals surface area contributed by atoms with Crippen molar-refractivity contribution in [1.82, 2.24) is 20.9 Å². The summed E-state index contributed by atoms with van der Waals surface area (Å²) in [5.41, 5.74) is 1.50. The van der Waals surface area contributed by atoms with E-state index in [4.69, 9.17) is 0 Å². The van der Waals surface area contributed by atoms with Gasteiger partial charge in [0.05, 0.1) is 6.54 Å². The first-order valence-electron chi connectivity index (χ1n) is 19.4. The lowest BCUT2D eigenvalue weighted by atomic mass is 10.0. The normalized spacial score (nSPS) is 15.1. The zero-order valence-electron chi connectivity index (χ0n) is 31.0. The number of aromatic hydroxyl groups is 1. The zero-order chi connectivity index (χ0) is 37.6. The number of hydrogen-bond acceptors (Lipinski definition) is 6. The third-order valence-electron chi connectivity index (χ3n) is 9.69. The average molecular weight is 721 g/mol. The topological polar surface area (TPSA) is 165 Å². The quantitative estimate of drug-likeness (QED) is 0.0807. The molecule has 4 amide bonds. The molecule has 0 bridgehead atoms. The summed E-state index contributed by atoms with van der Waals surface area (Å²) in [4.78, 5) is 66.1. The first kappa shape index (κ1) is 42.0. The molecule has 0 saturated carbocycles. The molecule has 5 N–H and O–H groups in total. The number of carboxylic acid groups (broad SMARTS) is 1. The van der Waals surface area contributed by atoms with Crippen LogP contribution in [0.25, 0.3) is 0 Å². The molecule has 0 aliphatic carbocycles. The predicted octanol–water partition coefficient (Wildman–Crippen LogP) is 5.82. The summed E-state index contributed by atoms with van der Waals surface area (Å²) in [6.45, 7) is 2.13. The summed E-state index contributed by atoms with van der Waals surface area (Å²) in [5.74, 6) is -2.92. The Morgan fingerprint density at radius 3 is 1.85 bits per heavy atom. The maximum atomic E-state index is 13.9. The van der Waals surface area contributed by atoms with Crippen molar-refractivity contribution in [3.8, 4) is 5.75 Å². The molecule has 0 radical (unpaired) electrons. The smallest absolute Gasteiger partial charge is 0.326 e. The molecule has 1 aliphatic heterocycles. The van der Waals surface area contributed by atoms with E-state index in [1.54, 1.807) is 12.1 Å². The Morgan fingerprint density at radius 1 is 0.712 bits per heavy atom. The van der Waals surface area contributed by atoms with E-state index in [0.29, 0.717) is 31.4 Å². The van der Waals surface area contributed by atoms with Gasteiger partial charge in [-0.15, -0.1) is 0 Å². The maximum Gasteiger partial charge on any atom is 0.326 e. The number of carboxylic acids is 1. The number of aliphatic carboxylic acids is 1. The number of hydrogen-bond donors (Lipinski definition) is 5. The van der Waals surface area contributed by atoms with Crippen molar-refractivity contribution in [3.05, 3.63) is 65.7 Å². The molecule has 286 valence electrons. The Balaban J connectivity index is 1.46. The van der Waals surface area contributed by atoms with Crippen LogP contribution in [-0.2, 0) is 36.8 Å². The van der Waals surface area contributed by atoms with E-state index in [2.05, 4.69) is 22.9 Å². The van der Waals surface area contributed by atoms with Gasteiger partial charge < -0.3 is 31.1 Å². The van der Waals surface area contributed by atoms with E-state index in [0.717, 1.165) is 24.8 Å². The molecule has 1 aliphatic rings. The Hall–Kier alpha value is -4.41. The molecule has 2 aromatic carbocycles. The van der Waals surface area contributed by atoms with Crippen LogP contribution in [0.1, 0.15) is 121 Å². The van der Waals surface area contributed by atoms with Crippen LogP contribution in [0.5, 0.6) is 5.75 Å². The minimum Gasteiger partial charge on any atom is -0.508 e. The van der Waals surface area contributed by atoms with Crippen molar-refractivity contribution in [3.63, 3.8) is 0 Å². The van der Waals surface area contributed by atoms with Crippen molar-refractivity contribution in [2.75, 3.05) is 13.1 Å². The third kappa shape index (κ3) is 15.9. The Morgan fingerprint density at radius 2 is 1.25 bits per heavy atom. The summed E-state index contributed by atoms with van der Waals surface area (Å²) >= 11 is 0. The van der Waals surface area contributed by atoms with Gasteiger partial charge in [-0.3, -0.25) is 19.2 Å². The molecule has 1 fully saturated rings. The number of phenolic OH excluding ortho intramolecular Hbond substituents is 1. The zero-order valence-corrected chi connectivity index (χ0v) is 31.0. The van der Waals surface area contributed by atoms with Crippen molar-refractivity contribution in [2.45, 2.75) is 141 Å². The summed E-state index contributed by atoms with van der Waals surface area (Å²) in [6, 6.07) is 12.5. The maximum absolute atomic E-state index is 13.9. The monoisotopic (exact) mass is 720 g/mol. The number of amides is 4. The largest absolute Gasteiger partial charge is 0.508 e. The van der Waals surface area contributed by atoms with Gasteiger partial charge in [0.2, 0.25) is 23.6 Å². The summed E-state index contributed by atoms with van der Waals surface area (Å²) in [7, 11) is 0. The number of phenols is 1. The molecule has 1 unspecified atom stereocenters. The number of rotatable bonds is 25. The van der Waals surface area contributed by atoms with E-state index in [-0.39, 0.29) is 30.4 Å². The first-order valence-corrected chi connectivity index (χ1v) is 19.4. The van der Waals surface area contributed by atoms with Crippen molar-refractivity contribution in [2.24, 2.45) is 0 Å². The van der Waals surface area contributed by atoms with Gasteiger partial charge in [0.25, 0.3) is 0 Å². The third-order valence-corrected chi connectivity index (χ3v) is 9.69. The van der Waals surface area contributed by atoms with Crippen molar-refractivity contribution < 1.29 is 34.2 Å². The molecule has 3 atom stereocenters. The second-order valence-corrected chi connectivity index (χ2v) is 14.0. The van der Waals surface area contributed by atoms with E-state index >= 15 is 0 Å². The number of carbonyl (C=O) groups is 5. The lowest BCUT2D eigenvalue weighted by molar-refractivity contribution is -0.142. The number of nitrogens with zero attached hydrogens (tertiary/aromatic N) is 1. The van der Waals surface area contributed by atoms with Crippen molar-refractivity contribution in [1.29, 1.82) is 0 Å². The molecular formula is C41H60N4O7. The molecule has 1 saturated heterocycles. The highest BCUT2D eigenvalue weighted by Gasteiger charge is 2.38. The fourth-order valence-electron chi connectivity index (χ4n) is 6.72. The minimum absolute atomic E-state index is 0.00587. The number of benzene rings is 2. The van der Waals surface area contributed by atoms with E-state index < -0.39 is 42.5 Å². The minimum atomic E-state index is -1.24. The van der Waals surface area contributed by atoms with Crippen LogP contribution in [0.15, 0.2) is 54.6 Å². The average Bonchev–Trinajstić information content (AvgIpc) is 3.63. The van der Waals surface area contributed by atoms with Gasteiger partial charge in [-0.1, -0.05) is 126 Å². The van der Waals surface area contributed by atoms with Gasteiger partial charge in [0.1, 0.15) is 23.9 Å². The highest BCUT2D eigenvalue weighted by atomic mass is 16.4. The van der Waals surface area contributed by atoms with Gasteiger partial charge in [0, 0.05) is 25.8 Å². The van der Waals surface area contributed by atoms with Crippen LogP contribution in [0, 0.1) is 0 Å². The van der Waals surface area contributed by atoms with Gasteiger partial charge in [-0.05, 0) is 42.5 Å². The molecule has 0 spiro atoms. The lowest BCUT2D eigenvalue weighted by Gasteiger charge is -2.29. The second-order valence-electron chi connectivity index (χ2n) is 14.0. The number of unbranched alkanes of at least 4 members (excludes halogenated alkanes) is 12. The van der Waals surface area contributed by atoms with Gasteiger partial charge in [-0.2, -0.15) is 0 Å². The highest BCUT2D eigenvalue weighted by Crippen LogP contribution is 2.20. The van der Waals surface area contributed by atoms with Crippen LogP contribution in [-0.4, -0.2) is 75.9 Å². The predicted molar refractivity (Wildman–Crippen MR) is 202 cm³/mol. The fourth-order valence-corrected chi connectivity index (χ4v) is 6.72. The van der Waals surface area contributed by atoms with Crippen LogP contribution in [0.2, 0.25) is 0 Å². The number of nitrogens with one attached hydrogen (secondary N) is 3. The van der Waals surface area contributed by atoms with Crippen LogP contribution >= 0.6 is 0 Å². The Bertz CT molecular complexity index is 1390. The SMILES string of the molecule is CCCCCCCCCCCCCCCC(=O)NC(Cc1ccccc1)C(=O)N1CCC[C@H]1C(=O)NCC(=O)N[C@@H](Cc1ccc(O)cc1)C(=O)O. The standard InChI is InChI=1S/C41H60N4O7/c1-2-3-4-5-6-7-8-9-10-11-12-13-17-22-37(47)43-34(28-31-19-15-14-16-20-31)40(50)45-27-18-21-36(45)39(49)42-30-38(48)44-35(41(51)52)29-32-23-25-33(46)26-24-32/h14-16,19-20,23-26,34-36,46H,2-13,17-18,21-22,27-30H2,1H3,(H,42,49)(H,43,47)(H,44,48)(H,51,52)/t34?,35-,36-/m0/s1. The first-order chi connectivity index (χ1) is 25.2. The lowest BCUT2D eigenvalue weighted by Crippen LogP contribution is -2.55. The summed E-state index contributed by atoms with van der Waals surface area (Å²) in [6.07, 6.45) is 17.4. The number of carbonyl (C=O) groups excluding carboxylic acids is 4. The fraction of sp³-hybridized carbons (Fsp3) is 0.585. The van der Waals surface area contributed by atoms with Crippen LogP contribution in [0.3, 0.4) is 0 Å². The van der Waals surface area contributed by atoms with E-state index in [1.165, 1.54) is 81.2 Å². The molecule has 1 heterocycles. The Labute approximate surface area is 309 Å².